The molecule has 3 aromatic rings. The predicted molar refractivity (Wildman–Crippen MR) is 129 cm³/mol. The van der Waals surface area contributed by atoms with E-state index in [0.29, 0.717) is 18.5 Å². The van der Waals surface area contributed by atoms with E-state index in [1.165, 1.54) is 4.90 Å². The second kappa shape index (κ2) is 8.85. The molecule has 2 aromatic carbocycles. The first-order valence-corrected chi connectivity index (χ1v) is 11.3. The molecule has 0 fully saturated rings. The third-order valence-corrected chi connectivity index (χ3v) is 7.11. The van der Waals surface area contributed by atoms with Crippen LogP contribution in [-0.4, -0.2) is 30.4 Å². The number of nitrogens with one attached hydrogen (secondary N) is 1. The number of thiophene rings is 1. The van der Waals surface area contributed by atoms with Crippen LogP contribution in [0, 0.1) is 17.2 Å². The predicted octanol–water partition coefficient (Wildman–Crippen LogP) is 4.41. The smallest absolute Gasteiger partial charge is 0.235 e. The molecular formula is C25H25N5OS. The van der Waals surface area contributed by atoms with Gasteiger partial charge >= 0.3 is 0 Å². The lowest BCUT2D eigenvalue weighted by Crippen LogP contribution is -2.53. The van der Waals surface area contributed by atoms with Crippen molar-refractivity contribution in [3.63, 3.8) is 0 Å². The van der Waals surface area contributed by atoms with Crippen LogP contribution in [0.2, 0.25) is 0 Å². The van der Waals surface area contributed by atoms with Gasteiger partial charge in [-0.15, -0.1) is 11.3 Å². The van der Waals surface area contributed by atoms with E-state index in [0.717, 1.165) is 21.7 Å². The molecule has 2 heterocycles. The van der Waals surface area contributed by atoms with Crippen LogP contribution >= 0.6 is 11.3 Å². The highest BCUT2D eigenvalue weighted by Crippen LogP contribution is 2.43. The van der Waals surface area contributed by atoms with Crippen molar-refractivity contribution in [3.05, 3.63) is 76.5 Å². The third-order valence-electron chi connectivity index (χ3n) is 5.96. The number of para-hydroxylation sites is 1. The second-order valence-electron chi connectivity index (χ2n) is 8.04. The molecule has 0 spiro atoms. The van der Waals surface area contributed by atoms with Gasteiger partial charge in [-0.25, -0.2) is 4.99 Å². The highest BCUT2D eigenvalue weighted by atomic mass is 32.1. The summed E-state index contributed by atoms with van der Waals surface area (Å²) < 4.78 is 0. The summed E-state index contributed by atoms with van der Waals surface area (Å²) in [4.78, 5) is 20.4. The van der Waals surface area contributed by atoms with Crippen LogP contribution in [0.25, 0.3) is 11.1 Å². The summed E-state index contributed by atoms with van der Waals surface area (Å²) in [7, 11) is 1.67. The molecule has 0 radical (unpaired) electrons. The molecule has 162 valence electrons. The molecule has 0 bridgehead atoms. The monoisotopic (exact) mass is 443 g/mol. The van der Waals surface area contributed by atoms with E-state index in [1.807, 2.05) is 60.8 Å². The molecule has 1 amide bonds. The molecule has 1 aromatic heterocycles. The summed E-state index contributed by atoms with van der Waals surface area (Å²) in [6.45, 7) is 2.63. The Morgan fingerprint density at radius 2 is 1.97 bits per heavy atom. The Hall–Kier alpha value is -3.63. The van der Waals surface area contributed by atoms with Crippen molar-refractivity contribution in [2.45, 2.75) is 18.9 Å². The average molecular weight is 444 g/mol. The number of hydrogen-bond donors (Lipinski definition) is 2. The molecule has 1 aliphatic rings. The summed E-state index contributed by atoms with van der Waals surface area (Å²) in [6.07, 6.45) is 0.614. The number of benzene rings is 2. The van der Waals surface area contributed by atoms with Gasteiger partial charge < -0.3 is 11.1 Å². The molecule has 1 aliphatic heterocycles. The van der Waals surface area contributed by atoms with E-state index < -0.39 is 5.54 Å². The fourth-order valence-electron chi connectivity index (χ4n) is 4.05. The number of nitrogens with two attached hydrogens (primary N) is 1. The summed E-state index contributed by atoms with van der Waals surface area (Å²) in [6, 6.07) is 21.7. The lowest BCUT2D eigenvalue weighted by Gasteiger charge is -2.40. The van der Waals surface area contributed by atoms with Gasteiger partial charge in [0.25, 0.3) is 0 Å². The number of carbonyl (C=O) groups is 1. The molecule has 0 saturated heterocycles. The summed E-state index contributed by atoms with van der Waals surface area (Å²) in [5, 5.41) is 14.7. The number of nitriles is 1. The van der Waals surface area contributed by atoms with Gasteiger partial charge in [0, 0.05) is 24.2 Å². The Kier molecular flexibility index (Phi) is 5.97. The van der Waals surface area contributed by atoms with Crippen molar-refractivity contribution >= 4 is 28.9 Å². The Labute approximate surface area is 192 Å². The van der Waals surface area contributed by atoms with Crippen LogP contribution in [0.3, 0.4) is 0 Å². The summed E-state index contributed by atoms with van der Waals surface area (Å²) in [5.41, 5.74) is 8.97. The van der Waals surface area contributed by atoms with Crippen LogP contribution < -0.4 is 11.1 Å². The highest BCUT2D eigenvalue weighted by molar-refractivity contribution is 7.10. The van der Waals surface area contributed by atoms with Crippen molar-refractivity contribution in [2.24, 2.45) is 16.6 Å². The van der Waals surface area contributed by atoms with Crippen molar-refractivity contribution in [1.29, 1.82) is 5.26 Å². The minimum Gasteiger partial charge on any atom is -0.385 e. The third kappa shape index (κ3) is 4.10. The van der Waals surface area contributed by atoms with E-state index in [-0.39, 0.29) is 17.8 Å². The lowest BCUT2D eigenvalue weighted by molar-refractivity contribution is -0.134. The molecule has 2 atom stereocenters. The molecule has 4 rings (SSSR count). The molecule has 6 nitrogen and oxygen atoms in total. The van der Waals surface area contributed by atoms with E-state index in [4.69, 9.17) is 10.7 Å². The topological polar surface area (TPSA) is 94.5 Å². The van der Waals surface area contributed by atoms with Gasteiger partial charge in [0.2, 0.25) is 5.91 Å². The van der Waals surface area contributed by atoms with Gasteiger partial charge in [-0.1, -0.05) is 30.3 Å². The van der Waals surface area contributed by atoms with E-state index >= 15 is 0 Å². The fourth-order valence-corrected chi connectivity index (χ4v) is 5.13. The molecule has 7 heteroatoms. The van der Waals surface area contributed by atoms with Crippen LogP contribution in [0.5, 0.6) is 0 Å². The van der Waals surface area contributed by atoms with Gasteiger partial charge in [-0.05, 0) is 60.2 Å². The van der Waals surface area contributed by atoms with Crippen molar-refractivity contribution in [3.8, 4) is 17.2 Å². The quantitative estimate of drug-likeness (QED) is 0.590. The average Bonchev–Trinajstić information content (AvgIpc) is 3.32. The molecule has 3 N–H and O–H groups in total. The minimum atomic E-state index is -0.762. The van der Waals surface area contributed by atoms with Crippen molar-refractivity contribution in [2.75, 3.05) is 18.9 Å². The first-order chi connectivity index (χ1) is 15.4. The second-order valence-corrected chi connectivity index (χ2v) is 8.95. The first-order valence-electron chi connectivity index (χ1n) is 10.4. The Morgan fingerprint density at radius 1 is 1.19 bits per heavy atom. The van der Waals surface area contributed by atoms with Crippen LogP contribution in [0.1, 0.15) is 23.8 Å². The van der Waals surface area contributed by atoms with Gasteiger partial charge in [-0.3, -0.25) is 9.69 Å². The summed E-state index contributed by atoms with van der Waals surface area (Å²) in [5.74, 6) is -0.157. The van der Waals surface area contributed by atoms with Crippen LogP contribution in [0.4, 0.5) is 5.69 Å². The first kappa shape index (κ1) is 21.6. The van der Waals surface area contributed by atoms with Gasteiger partial charge in [0.15, 0.2) is 5.96 Å². The maximum atomic E-state index is 13.2. The number of anilines is 1. The Balaban J connectivity index is 1.63. The van der Waals surface area contributed by atoms with E-state index in [9.17, 15) is 10.1 Å². The maximum Gasteiger partial charge on any atom is 0.235 e. The SMILES string of the molecule is CN1C(=O)C(CCNc2ccccc2)[C@](C)(c2cc(-c3cccc(C#N)c3)cs2)N=C1N. The van der Waals surface area contributed by atoms with E-state index in [1.54, 1.807) is 24.5 Å². The number of hydrogen-bond acceptors (Lipinski definition) is 6. The molecular weight excluding hydrogens is 418 g/mol. The van der Waals surface area contributed by atoms with Crippen molar-refractivity contribution < 1.29 is 4.79 Å². The van der Waals surface area contributed by atoms with E-state index in [2.05, 4.69) is 17.5 Å². The Bertz CT molecular complexity index is 1200. The number of rotatable bonds is 6. The lowest BCUT2D eigenvalue weighted by atomic mass is 9.80. The molecule has 0 saturated carbocycles. The Morgan fingerprint density at radius 3 is 2.72 bits per heavy atom. The number of nitrogens with zero attached hydrogens (tertiary/aromatic N) is 3. The number of carbonyl (C=O) groups excluding carboxylic acids is 1. The number of guanidine groups is 1. The zero-order valence-electron chi connectivity index (χ0n) is 18.1. The van der Waals surface area contributed by atoms with Gasteiger partial charge in [0.05, 0.1) is 17.6 Å². The zero-order chi connectivity index (χ0) is 22.7. The molecule has 1 unspecified atom stereocenters. The standard InChI is InChI=1S/C25H25N5OS/c1-25(22-14-19(16-32-22)18-8-6-7-17(13-18)15-26)21(23(31)30(2)24(27)29-25)11-12-28-20-9-4-3-5-10-20/h3-10,13-14,16,21,28H,11-12H2,1-2H3,(H2,27,29)/t21?,25-/m1/s1. The number of amides is 1. The van der Waals surface area contributed by atoms with Crippen molar-refractivity contribution in [1.82, 2.24) is 4.90 Å². The fraction of sp³-hybridized carbons (Fsp3) is 0.240. The minimum absolute atomic E-state index is 0.0312. The summed E-state index contributed by atoms with van der Waals surface area (Å²) >= 11 is 1.57. The number of aliphatic imine (C=N–C) groups is 1. The normalized spacial score (nSPS) is 20.5. The zero-order valence-corrected chi connectivity index (χ0v) is 18.9. The molecule has 32 heavy (non-hydrogen) atoms. The maximum absolute atomic E-state index is 13.2. The van der Waals surface area contributed by atoms with Crippen LogP contribution in [0.15, 0.2) is 71.0 Å². The highest BCUT2D eigenvalue weighted by Gasteiger charge is 2.46. The molecule has 0 aliphatic carbocycles. The van der Waals surface area contributed by atoms with Gasteiger partial charge in [0.1, 0.15) is 5.54 Å². The largest absolute Gasteiger partial charge is 0.385 e. The van der Waals surface area contributed by atoms with Gasteiger partial charge in [-0.2, -0.15) is 5.26 Å². The van der Waals surface area contributed by atoms with Crippen LogP contribution in [-0.2, 0) is 10.3 Å².